The Morgan fingerprint density at radius 2 is 2.05 bits per heavy atom. The van der Waals surface area contributed by atoms with Gasteiger partial charge in [0, 0.05) is 28.3 Å². The summed E-state index contributed by atoms with van der Waals surface area (Å²) in [5, 5.41) is 0. The summed E-state index contributed by atoms with van der Waals surface area (Å²) in [5.74, 6) is 0.992. The molecule has 2 N–H and O–H groups in total. The van der Waals surface area contributed by atoms with Gasteiger partial charge in [-0.05, 0) is 30.7 Å². The van der Waals surface area contributed by atoms with Crippen LogP contribution in [0.15, 0.2) is 46.9 Å². The van der Waals surface area contributed by atoms with E-state index in [9.17, 15) is 0 Å². The molecule has 0 amide bonds. The second-order valence-corrected chi connectivity index (χ2v) is 6.23. The fourth-order valence-corrected chi connectivity index (χ4v) is 3.36. The van der Waals surface area contributed by atoms with Gasteiger partial charge in [0.15, 0.2) is 0 Å². The molecule has 1 aliphatic heterocycles. The van der Waals surface area contributed by atoms with Gasteiger partial charge < -0.3 is 15.4 Å². The lowest BCUT2D eigenvalue weighted by Gasteiger charge is -2.23. The Bertz CT molecular complexity index is 642. The lowest BCUT2D eigenvalue weighted by atomic mass is 10.1. The van der Waals surface area contributed by atoms with Crippen LogP contribution in [0.2, 0.25) is 0 Å². The maximum absolute atomic E-state index is 5.97. The van der Waals surface area contributed by atoms with Crippen LogP contribution in [0.3, 0.4) is 0 Å². The zero-order valence-corrected chi connectivity index (χ0v) is 13.6. The molecule has 0 radical (unpaired) electrons. The number of fused-ring (bicyclic) bond motifs is 1. The van der Waals surface area contributed by atoms with Crippen LogP contribution in [0.25, 0.3) is 0 Å². The second kappa shape index (κ2) is 6.08. The summed E-state index contributed by atoms with van der Waals surface area (Å²) in [5.41, 5.74) is 9.51. The van der Waals surface area contributed by atoms with Crippen molar-refractivity contribution < 1.29 is 4.74 Å². The van der Waals surface area contributed by atoms with Crippen molar-refractivity contribution in [1.82, 2.24) is 0 Å². The zero-order valence-electron chi connectivity index (χ0n) is 12.1. The molecule has 0 bridgehead atoms. The van der Waals surface area contributed by atoms with E-state index in [-0.39, 0.29) is 6.04 Å². The number of halogens is 1. The molecule has 0 aliphatic carbocycles. The number of hydrogen-bond acceptors (Lipinski definition) is 3. The van der Waals surface area contributed by atoms with E-state index in [1.165, 1.54) is 11.3 Å². The van der Waals surface area contributed by atoms with Crippen molar-refractivity contribution in [3.8, 4) is 5.75 Å². The highest BCUT2D eigenvalue weighted by atomic mass is 79.9. The van der Waals surface area contributed by atoms with Gasteiger partial charge in [-0.25, -0.2) is 0 Å². The summed E-state index contributed by atoms with van der Waals surface area (Å²) in [6.07, 6.45) is 0. The smallest absolute Gasteiger partial charge is 0.124 e. The van der Waals surface area contributed by atoms with E-state index in [1.54, 1.807) is 0 Å². The predicted molar refractivity (Wildman–Crippen MR) is 89.7 cm³/mol. The lowest BCUT2D eigenvalue weighted by molar-refractivity contribution is 0.331. The van der Waals surface area contributed by atoms with Crippen LogP contribution in [0.5, 0.6) is 5.75 Å². The first kappa shape index (κ1) is 14.4. The maximum atomic E-state index is 5.97. The average molecular weight is 347 g/mol. The Balaban J connectivity index is 1.89. The normalized spacial score (nSPS) is 15.9. The van der Waals surface area contributed by atoms with Crippen LogP contribution in [-0.4, -0.2) is 13.2 Å². The Kier molecular flexibility index (Phi) is 4.17. The van der Waals surface area contributed by atoms with Gasteiger partial charge in [-0.3, -0.25) is 0 Å². The molecule has 110 valence electrons. The molecule has 0 saturated carbocycles. The largest absolute Gasteiger partial charge is 0.491 e. The van der Waals surface area contributed by atoms with Gasteiger partial charge in [0.05, 0.1) is 6.54 Å². The Morgan fingerprint density at radius 1 is 1.24 bits per heavy atom. The summed E-state index contributed by atoms with van der Waals surface area (Å²) >= 11 is 3.63. The quantitative estimate of drug-likeness (QED) is 0.896. The van der Waals surface area contributed by atoms with Crippen LogP contribution in [0, 0.1) is 0 Å². The van der Waals surface area contributed by atoms with Crippen molar-refractivity contribution in [2.75, 3.05) is 18.1 Å². The molecule has 0 fully saturated rings. The summed E-state index contributed by atoms with van der Waals surface area (Å²) in [4.78, 5) is 2.33. The van der Waals surface area contributed by atoms with Crippen molar-refractivity contribution in [3.05, 3.63) is 58.1 Å². The first-order chi connectivity index (χ1) is 10.1. The summed E-state index contributed by atoms with van der Waals surface area (Å²) < 4.78 is 6.88. The molecule has 0 spiro atoms. The molecule has 0 saturated heterocycles. The molecule has 1 atom stereocenters. The third kappa shape index (κ3) is 3.06. The number of benzene rings is 2. The van der Waals surface area contributed by atoms with Crippen molar-refractivity contribution in [2.24, 2.45) is 5.73 Å². The van der Waals surface area contributed by atoms with Gasteiger partial charge in [-0.15, -0.1) is 0 Å². The Labute approximate surface area is 133 Å². The van der Waals surface area contributed by atoms with Crippen molar-refractivity contribution in [2.45, 2.75) is 19.5 Å². The number of anilines is 1. The lowest BCUT2D eigenvalue weighted by Crippen LogP contribution is -2.25. The fraction of sp³-hybridized carbons (Fsp3) is 0.294. The van der Waals surface area contributed by atoms with Gasteiger partial charge in [-0.2, -0.15) is 0 Å². The zero-order chi connectivity index (χ0) is 14.8. The van der Waals surface area contributed by atoms with E-state index in [0.29, 0.717) is 6.61 Å². The molecule has 3 nitrogen and oxygen atoms in total. The van der Waals surface area contributed by atoms with E-state index in [2.05, 4.69) is 51.2 Å². The SMILES string of the molecule is CC(N)c1ccc(N2CCOc3ccccc3C2)cc1Br. The van der Waals surface area contributed by atoms with Crippen molar-refractivity contribution in [3.63, 3.8) is 0 Å². The molecule has 3 rings (SSSR count). The van der Waals surface area contributed by atoms with Crippen molar-refractivity contribution >= 4 is 21.6 Å². The molecule has 1 heterocycles. The molecule has 1 unspecified atom stereocenters. The highest BCUT2D eigenvalue weighted by Gasteiger charge is 2.16. The summed E-state index contributed by atoms with van der Waals surface area (Å²) in [7, 11) is 0. The van der Waals surface area contributed by atoms with Gasteiger partial charge in [0.2, 0.25) is 0 Å². The number of rotatable bonds is 2. The molecule has 2 aromatic carbocycles. The Hall–Kier alpha value is -1.52. The van der Waals surface area contributed by atoms with E-state index in [1.807, 2.05) is 19.1 Å². The highest BCUT2D eigenvalue weighted by Crippen LogP contribution is 2.30. The minimum Gasteiger partial charge on any atom is -0.491 e. The fourth-order valence-electron chi connectivity index (χ4n) is 2.63. The van der Waals surface area contributed by atoms with Gasteiger partial charge in [0.25, 0.3) is 0 Å². The van der Waals surface area contributed by atoms with Crippen LogP contribution >= 0.6 is 15.9 Å². The standard InChI is InChI=1S/C17H19BrN2O/c1-12(19)15-7-6-14(10-16(15)18)20-8-9-21-17-5-3-2-4-13(17)11-20/h2-7,10,12H,8-9,11,19H2,1H3. The molecule has 21 heavy (non-hydrogen) atoms. The van der Waals surface area contributed by atoms with E-state index < -0.39 is 0 Å². The minimum absolute atomic E-state index is 0.0293. The molecule has 4 heteroatoms. The number of para-hydroxylation sites is 1. The second-order valence-electron chi connectivity index (χ2n) is 5.37. The number of nitrogens with two attached hydrogens (primary N) is 1. The topological polar surface area (TPSA) is 38.5 Å². The first-order valence-corrected chi connectivity index (χ1v) is 7.95. The third-order valence-corrected chi connectivity index (χ3v) is 4.48. The van der Waals surface area contributed by atoms with E-state index in [4.69, 9.17) is 10.5 Å². The van der Waals surface area contributed by atoms with Gasteiger partial charge in [0.1, 0.15) is 12.4 Å². The molecular weight excluding hydrogens is 328 g/mol. The van der Waals surface area contributed by atoms with Crippen LogP contribution in [0.4, 0.5) is 5.69 Å². The molecular formula is C17H19BrN2O. The number of nitrogens with zero attached hydrogens (tertiary/aromatic N) is 1. The average Bonchev–Trinajstić information content (AvgIpc) is 2.68. The summed E-state index contributed by atoms with van der Waals surface area (Å²) in [6.45, 7) is 4.43. The van der Waals surface area contributed by atoms with Crippen LogP contribution in [0.1, 0.15) is 24.1 Å². The van der Waals surface area contributed by atoms with E-state index in [0.717, 1.165) is 28.9 Å². The molecule has 0 aromatic heterocycles. The monoisotopic (exact) mass is 346 g/mol. The van der Waals surface area contributed by atoms with Gasteiger partial charge in [-0.1, -0.05) is 40.2 Å². The van der Waals surface area contributed by atoms with E-state index >= 15 is 0 Å². The molecule has 1 aliphatic rings. The highest BCUT2D eigenvalue weighted by molar-refractivity contribution is 9.10. The number of ether oxygens (including phenoxy) is 1. The number of hydrogen-bond donors (Lipinski definition) is 1. The maximum Gasteiger partial charge on any atom is 0.124 e. The minimum atomic E-state index is 0.0293. The first-order valence-electron chi connectivity index (χ1n) is 7.16. The third-order valence-electron chi connectivity index (χ3n) is 3.79. The predicted octanol–water partition coefficient (Wildman–Crippen LogP) is 3.87. The van der Waals surface area contributed by atoms with Gasteiger partial charge >= 0.3 is 0 Å². The Morgan fingerprint density at radius 3 is 2.81 bits per heavy atom. The van der Waals surface area contributed by atoms with Crippen LogP contribution < -0.4 is 15.4 Å². The summed E-state index contributed by atoms with van der Waals surface area (Å²) in [6, 6.07) is 14.6. The van der Waals surface area contributed by atoms with Crippen LogP contribution in [-0.2, 0) is 6.54 Å². The van der Waals surface area contributed by atoms with Crippen molar-refractivity contribution in [1.29, 1.82) is 0 Å². The molecule has 2 aromatic rings.